The summed E-state index contributed by atoms with van der Waals surface area (Å²) in [6.07, 6.45) is 1.79. The van der Waals surface area contributed by atoms with Crippen LogP contribution in [-0.2, 0) is 4.79 Å². The lowest BCUT2D eigenvalue weighted by molar-refractivity contribution is -0.105. The summed E-state index contributed by atoms with van der Waals surface area (Å²) in [5, 5.41) is 11.9. The molecule has 0 saturated heterocycles. The van der Waals surface area contributed by atoms with E-state index in [1.807, 2.05) is 33.9 Å². The van der Waals surface area contributed by atoms with E-state index in [-0.39, 0.29) is 0 Å². The molecule has 4 N–H and O–H groups in total. The largest absolute Gasteiger partial charge is 0.372 e. The molecular formula is C12H20N6O2. The van der Waals surface area contributed by atoms with E-state index in [1.54, 1.807) is 0 Å². The molecule has 0 atom stereocenters. The highest BCUT2D eigenvalue weighted by Crippen LogP contribution is 2.00. The molecule has 2 aromatic heterocycles. The second kappa shape index (κ2) is 10.3. The molecule has 2 aromatic rings. The van der Waals surface area contributed by atoms with Crippen LogP contribution in [0.5, 0.6) is 0 Å². The number of aryl methyl sites for hydroxylation is 1. The van der Waals surface area contributed by atoms with Crippen LogP contribution in [0.1, 0.15) is 19.5 Å². The van der Waals surface area contributed by atoms with Crippen LogP contribution in [-0.4, -0.2) is 33.6 Å². The number of nitrogens with zero attached hydrogens (tertiary/aromatic N) is 2. The first-order valence-electron chi connectivity index (χ1n) is 6.11. The van der Waals surface area contributed by atoms with Crippen LogP contribution in [0.3, 0.4) is 0 Å². The van der Waals surface area contributed by atoms with Crippen molar-refractivity contribution in [3.8, 4) is 0 Å². The molecule has 0 unspecified atom stereocenters. The van der Waals surface area contributed by atoms with Gasteiger partial charge in [0.25, 0.3) is 0 Å². The van der Waals surface area contributed by atoms with Crippen LogP contribution >= 0.6 is 0 Å². The Kier molecular flexibility index (Phi) is 8.94. The molecule has 0 fully saturated rings. The van der Waals surface area contributed by atoms with Crippen LogP contribution < -0.4 is 16.3 Å². The van der Waals surface area contributed by atoms with E-state index in [0.29, 0.717) is 12.2 Å². The van der Waals surface area contributed by atoms with Gasteiger partial charge in [-0.3, -0.25) is 14.9 Å². The average Bonchev–Trinajstić information content (AvgIpc) is 2.88. The molecule has 0 radical (unpaired) electrons. The van der Waals surface area contributed by atoms with E-state index in [4.69, 9.17) is 0 Å². The van der Waals surface area contributed by atoms with Gasteiger partial charge in [-0.05, 0) is 13.0 Å². The Morgan fingerprint density at radius 3 is 2.45 bits per heavy atom. The molecule has 110 valence electrons. The molecule has 20 heavy (non-hydrogen) atoms. The van der Waals surface area contributed by atoms with Crippen molar-refractivity contribution in [1.82, 2.24) is 20.2 Å². The maximum absolute atomic E-state index is 10.4. The fraction of sp³-hybridized carbons (Fsp3) is 0.333. The molecule has 2 rings (SSSR count). The van der Waals surface area contributed by atoms with Crippen molar-refractivity contribution in [2.45, 2.75) is 20.8 Å². The highest BCUT2D eigenvalue weighted by Gasteiger charge is 1.89. The summed E-state index contributed by atoms with van der Waals surface area (Å²) < 4.78 is 0. The molecule has 0 aromatic carbocycles. The first kappa shape index (κ1) is 17.4. The number of aromatic nitrogens is 4. The Morgan fingerprint density at radius 1 is 1.35 bits per heavy atom. The Bertz CT molecular complexity index is 549. The second-order valence-electron chi connectivity index (χ2n) is 3.24. The van der Waals surface area contributed by atoms with Gasteiger partial charge >= 0.3 is 5.69 Å². The SMILES string of the molecule is CC.CNc1cc(C)[nH]n1.O=CNc1ccnc(=O)[nH]1. The van der Waals surface area contributed by atoms with Gasteiger partial charge in [0, 0.05) is 25.0 Å². The number of hydrogen-bond donors (Lipinski definition) is 4. The molecule has 8 nitrogen and oxygen atoms in total. The number of H-pyrrole nitrogens is 2. The maximum Gasteiger partial charge on any atom is 0.346 e. The van der Waals surface area contributed by atoms with Crippen LogP contribution in [0.2, 0.25) is 0 Å². The van der Waals surface area contributed by atoms with Crippen molar-refractivity contribution in [3.05, 3.63) is 34.5 Å². The van der Waals surface area contributed by atoms with Crippen LogP contribution in [0.15, 0.2) is 23.1 Å². The fourth-order valence-electron chi connectivity index (χ4n) is 1.06. The molecule has 0 saturated carbocycles. The first-order valence-corrected chi connectivity index (χ1v) is 6.11. The van der Waals surface area contributed by atoms with E-state index in [1.165, 1.54) is 12.3 Å². The van der Waals surface area contributed by atoms with Gasteiger partial charge in [0.2, 0.25) is 6.41 Å². The second-order valence-corrected chi connectivity index (χ2v) is 3.24. The van der Waals surface area contributed by atoms with Gasteiger partial charge in [0.15, 0.2) is 0 Å². The molecule has 1 amide bonds. The average molecular weight is 280 g/mol. The Balaban J connectivity index is 0.000000327. The van der Waals surface area contributed by atoms with Crippen LogP contribution in [0.4, 0.5) is 11.6 Å². The summed E-state index contributed by atoms with van der Waals surface area (Å²) in [5.41, 5.74) is 0.598. The summed E-state index contributed by atoms with van der Waals surface area (Å²) in [7, 11) is 1.84. The minimum Gasteiger partial charge on any atom is -0.372 e. The van der Waals surface area contributed by atoms with Crippen molar-refractivity contribution in [2.75, 3.05) is 17.7 Å². The van der Waals surface area contributed by atoms with Gasteiger partial charge in [-0.1, -0.05) is 13.8 Å². The van der Waals surface area contributed by atoms with Crippen molar-refractivity contribution >= 4 is 18.0 Å². The molecule has 0 bridgehead atoms. The predicted molar refractivity (Wildman–Crippen MR) is 78.8 cm³/mol. The molecule has 8 heteroatoms. The predicted octanol–water partition coefficient (Wildman–Crippen LogP) is 1.12. The zero-order chi connectivity index (χ0) is 15.4. The Labute approximate surface area is 117 Å². The first-order chi connectivity index (χ1) is 9.65. The Morgan fingerprint density at radius 2 is 2.05 bits per heavy atom. The lowest BCUT2D eigenvalue weighted by atomic mass is 10.5. The van der Waals surface area contributed by atoms with E-state index in [0.717, 1.165) is 11.5 Å². The number of carbonyl (C=O) groups excluding carboxylic acids is 1. The number of hydrogen-bond acceptors (Lipinski definition) is 5. The highest BCUT2D eigenvalue weighted by atomic mass is 16.1. The number of carbonyl (C=O) groups is 1. The zero-order valence-electron chi connectivity index (χ0n) is 12.0. The van der Waals surface area contributed by atoms with Gasteiger partial charge in [0.05, 0.1) is 0 Å². The monoisotopic (exact) mass is 280 g/mol. The number of amides is 1. The summed E-state index contributed by atoms with van der Waals surface area (Å²) in [5.74, 6) is 1.23. The van der Waals surface area contributed by atoms with E-state index >= 15 is 0 Å². The van der Waals surface area contributed by atoms with Crippen molar-refractivity contribution in [3.63, 3.8) is 0 Å². The van der Waals surface area contributed by atoms with Crippen molar-refractivity contribution in [1.29, 1.82) is 0 Å². The van der Waals surface area contributed by atoms with E-state index < -0.39 is 5.69 Å². The van der Waals surface area contributed by atoms with Crippen LogP contribution in [0.25, 0.3) is 0 Å². The Hall–Kier alpha value is -2.64. The number of rotatable bonds is 3. The summed E-state index contributed by atoms with van der Waals surface area (Å²) >= 11 is 0. The number of nitrogens with one attached hydrogen (secondary N) is 4. The number of aromatic amines is 2. The summed E-state index contributed by atoms with van der Waals surface area (Å²) in [6, 6.07) is 3.43. The molecule has 2 heterocycles. The molecule has 0 aliphatic heterocycles. The van der Waals surface area contributed by atoms with Crippen molar-refractivity contribution in [2.24, 2.45) is 0 Å². The molecule has 0 spiro atoms. The van der Waals surface area contributed by atoms with Gasteiger partial charge < -0.3 is 10.6 Å². The minimum atomic E-state index is -0.480. The van der Waals surface area contributed by atoms with Crippen LogP contribution in [0, 0.1) is 6.92 Å². The van der Waals surface area contributed by atoms with Gasteiger partial charge in [0.1, 0.15) is 11.6 Å². The molecule has 0 aliphatic carbocycles. The maximum atomic E-state index is 10.4. The lowest BCUT2D eigenvalue weighted by Crippen LogP contribution is -2.11. The lowest BCUT2D eigenvalue weighted by Gasteiger charge is -1.93. The third kappa shape index (κ3) is 6.94. The zero-order valence-corrected chi connectivity index (χ0v) is 12.0. The van der Waals surface area contributed by atoms with Crippen molar-refractivity contribution < 1.29 is 4.79 Å². The van der Waals surface area contributed by atoms with E-state index in [2.05, 4.69) is 30.8 Å². The third-order valence-corrected chi connectivity index (χ3v) is 1.85. The highest BCUT2D eigenvalue weighted by molar-refractivity contribution is 5.68. The fourth-order valence-corrected chi connectivity index (χ4v) is 1.06. The normalized spacial score (nSPS) is 8.40. The summed E-state index contributed by atoms with van der Waals surface area (Å²) in [6.45, 7) is 5.97. The van der Waals surface area contributed by atoms with E-state index in [9.17, 15) is 9.59 Å². The quantitative estimate of drug-likeness (QED) is 0.629. The summed E-state index contributed by atoms with van der Waals surface area (Å²) in [4.78, 5) is 25.9. The van der Waals surface area contributed by atoms with Gasteiger partial charge in [-0.2, -0.15) is 5.10 Å². The van der Waals surface area contributed by atoms with Gasteiger partial charge in [-0.25, -0.2) is 9.78 Å². The minimum absolute atomic E-state index is 0.343. The molecule has 0 aliphatic rings. The standard InChI is InChI=1S/C5H5N3O2.C5H9N3.C2H6/c9-3-7-4-1-2-6-5(10)8-4;1-4-3-5(6-2)8-7-4;1-2/h1-3H,(H2,6,7,8,9,10);3H,1-2H3,(H2,6,7,8);1-2H3. The third-order valence-electron chi connectivity index (χ3n) is 1.85. The van der Waals surface area contributed by atoms with Gasteiger partial charge in [-0.15, -0.1) is 0 Å². The molecular weight excluding hydrogens is 260 g/mol. The smallest absolute Gasteiger partial charge is 0.346 e. The topological polar surface area (TPSA) is 116 Å². The number of anilines is 2.